The van der Waals surface area contributed by atoms with Gasteiger partial charge in [0.15, 0.2) is 6.61 Å². The molecule has 0 aliphatic heterocycles. The number of esters is 1. The van der Waals surface area contributed by atoms with Crippen molar-refractivity contribution in [2.45, 2.75) is 33.2 Å². The Hall–Kier alpha value is -2.48. The molecule has 0 radical (unpaired) electrons. The number of halogens is 1. The number of carbonyl (C=O) groups is 3. The molecule has 0 spiro atoms. The molecule has 1 heterocycles. The second-order valence-corrected chi connectivity index (χ2v) is 6.88. The Morgan fingerprint density at radius 2 is 2.04 bits per heavy atom. The maximum absolute atomic E-state index is 13.9. The van der Waals surface area contributed by atoms with E-state index >= 15 is 0 Å². The van der Waals surface area contributed by atoms with Gasteiger partial charge in [-0.05, 0) is 38.0 Å². The summed E-state index contributed by atoms with van der Waals surface area (Å²) in [6.45, 7) is 5.11. The highest BCUT2D eigenvalue weighted by Crippen LogP contribution is 2.32. The normalized spacial score (nSPS) is 11.8. The highest BCUT2D eigenvalue weighted by atomic mass is 32.1. The fraction of sp³-hybridized carbons (Fsp3) is 0.389. The third kappa shape index (κ3) is 4.57. The second kappa shape index (κ2) is 8.75. The molecule has 0 bridgehead atoms. The van der Waals surface area contributed by atoms with E-state index in [9.17, 15) is 18.8 Å². The van der Waals surface area contributed by atoms with Crippen molar-refractivity contribution in [3.8, 4) is 0 Å². The quantitative estimate of drug-likeness (QED) is 0.723. The molecule has 0 saturated carbocycles. The second-order valence-electron chi connectivity index (χ2n) is 5.83. The first-order valence-corrected chi connectivity index (χ1v) is 9.08. The van der Waals surface area contributed by atoms with Crippen LogP contribution in [0.1, 0.15) is 35.5 Å². The Kier molecular flexibility index (Phi) is 6.68. The molecule has 8 heteroatoms. The van der Waals surface area contributed by atoms with Crippen molar-refractivity contribution in [3.63, 3.8) is 0 Å². The zero-order valence-electron chi connectivity index (χ0n) is 14.8. The van der Waals surface area contributed by atoms with Gasteiger partial charge < -0.3 is 15.4 Å². The number of carbonyl (C=O) groups excluding carboxylic acids is 3. The van der Waals surface area contributed by atoms with E-state index in [-0.39, 0.29) is 10.8 Å². The van der Waals surface area contributed by atoms with Gasteiger partial charge in [0.1, 0.15) is 16.7 Å². The molecule has 26 heavy (non-hydrogen) atoms. The molecule has 0 fully saturated rings. The summed E-state index contributed by atoms with van der Waals surface area (Å²) in [5.74, 6) is -1.98. The van der Waals surface area contributed by atoms with Gasteiger partial charge in [-0.1, -0.05) is 13.0 Å². The van der Waals surface area contributed by atoms with Crippen LogP contribution in [0.2, 0.25) is 0 Å². The molecule has 0 aliphatic carbocycles. The number of benzene rings is 1. The van der Waals surface area contributed by atoms with Crippen LogP contribution in [-0.2, 0) is 14.3 Å². The van der Waals surface area contributed by atoms with E-state index < -0.39 is 30.3 Å². The number of fused-ring (bicyclic) bond motifs is 1. The lowest BCUT2D eigenvalue weighted by Gasteiger charge is -2.13. The molecule has 2 amide bonds. The Bertz CT molecular complexity index is 834. The summed E-state index contributed by atoms with van der Waals surface area (Å²) < 4.78 is 19.5. The van der Waals surface area contributed by atoms with Crippen LogP contribution in [0, 0.1) is 12.7 Å². The molecule has 6 nitrogen and oxygen atoms in total. The summed E-state index contributed by atoms with van der Waals surface area (Å²) >= 11 is 1.12. The van der Waals surface area contributed by atoms with Gasteiger partial charge in [-0.15, -0.1) is 11.3 Å². The van der Waals surface area contributed by atoms with Gasteiger partial charge in [-0.2, -0.15) is 0 Å². The van der Waals surface area contributed by atoms with E-state index in [1.54, 1.807) is 26.0 Å². The lowest BCUT2D eigenvalue weighted by atomic mass is 10.1. The molecular weight excluding hydrogens is 359 g/mol. The zero-order chi connectivity index (χ0) is 19.3. The minimum Gasteiger partial charge on any atom is -0.451 e. The van der Waals surface area contributed by atoms with Gasteiger partial charge >= 0.3 is 5.97 Å². The molecule has 1 atom stereocenters. The summed E-state index contributed by atoms with van der Waals surface area (Å²) in [5, 5.41) is 5.51. The molecule has 2 N–H and O–H groups in total. The first-order valence-electron chi connectivity index (χ1n) is 8.27. The molecule has 2 aromatic rings. The predicted octanol–water partition coefficient (Wildman–Crippen LogP) is 2.54. The maximum Gasteiger partial charge on any atom is 0.349 e. The number of nitrogens with one attached hydrogen (secondary N) is 2. The van der Waals surface area contributed by atoms with Gasteiger partial charge in [0.2, 0.25) is 5.91 Å². The van der Waals surface area contributed by atoms with Crippen molar-refractivity contribution in [3.05, 3.63) is 34.5 Å². The van der Waals surface area contributed by atoms with Gasteiger partial charge in [0.25, 0.3) is 5.91 Å². The Morgan fingerprint density at radius 3 is 2.69 bits per heavy atom. The van der Waals surface area contributed by atoms with Crippen molar-refractivity contribution in [2.75, 3.05) is 13.2 Å². The SMILES string of the molecule is CCCNC(=O)[C@@H](C)NC(=O)COC(=O)c1sc2cccc(F)c2c1C. The van der Waals surface area contributed by atoms with Crippen LogP contribution in [0.3, 0.4) is 0 Å². The van der Waals surface area contributed by atoms with E-state index in [0.717, 1.165) is 17.8 Å². The lowest BCUT2D eigenvalue weighted by Crippen LogP contribution is -2.46. The predicted molar refractivity (Wildman–Crippen MR) is 97.7 cm³/mol. The molecule has 0 saturated heterocycles. The van der Waals surface area contributed by atoms with Crippen LogP contribution in [0.4, 0.5) is 4.39 Å². The first kappa shape index (κ1) is 19.8. The monoisotopic (exact) mass is 380 g/mol. The van der Waals surface area contributed by atoms with Gasteiger partial charge in [-0.3, -0.25) is 9.59 Å². The van der Waals surface area contributed by atoms with Crippen LogP contribution in [-0.4, -0.2) is 37.0 Å². The van der Waals surface area contributed by atoms with E-state index in [0.29, 0.717) is 22.2 Å². The van der Waals surface area contributed by atoms with E-state index in [1.165, 1.54) is 6.07 Å². The van der Waals surface area contributed by atoms with Crippen molar-refractivity contribution < 1.29 is 23.5 Å². The first-order chi connectivity index (χ1) is 12.3. The van der Waals surface area contributed by atoms with Crippen LogP contribution in [0.15, 0.2) is 18.2 Å². The van der Waals surface area contributed by atoms with Crippen LogP contribution >= 0.6 is 11.3 Å². The summed E-state index contributed by atoms with van der Waals surface area (Å²) in [6.07, 6.45) is 0.791. The molecule has 2 rings (SSSR count). The van der Waals surface area contributed by atoms with Crippen molar-refractivity contribution >= 4 is 39.2 Å². The van der Waals surface area contributed by atoms with Gasteiger partial charge in [-0.25, -0.2) is 9.18 Å². The zero-order valence-corrected chi connectivity index (χ0v) is 15.7. The molecule has 1 aromatic heterocycles. The minimum absolute atomic E-state index is 0.256. The van der Waals surface area contributed by atoms with E-state index in [4.69, 9.17) is 4.74 Å². The largest absolute Gasteiger partial charge is 0.451 e. The molecular formula is C18H21FN2O4S. The Balaban J connectivity index is 1.94. The van der Waals surface area contributed by atoms with Crippen LogP contribution in [0.5, 0.6) is 0 Å². The summed E-state index contributed by atoms with van der Waals surface area (Å²) in [6, 6.07) is 3.89. The number of aryl methyl sites for hydroxylation is 1. The molecule has 0 aliphatic rings. The van der Waals surface area contributed by atoms with E-state index in [2.05, 4.69) is 10.6 Å². The Labute approximate surface area is 154 Å². The van der Waals surface area contributed by atoms with Crippen molar-refractivity contribution in [1.29, 1.82) is 0 Å². The topological polar surface area (TPSA) is 84.5 Å². The number of amides is 2. The molecule has 140 valence electrons. The fourth-order valence-corrected chi connectivity index (χ4v) is 3.51. The lowest BCUT2D eigenvalue weighted by molar-refractivity contribution is -0.130. The maximum atomic E-state index is 13.9. The standard InChI is InChI=1S/C18H21FN2O4S/c1-4-8-20-17(23)11(3)21-14(22)9-25-18(24)16-10(2)15-12(19)6-5-7-13(15)26-16/h5-7,11H,4,8-9H2,1-3H3,(H,20,23)(H,21,22)/t11-/m1/s1. The summed E-state index contributed by atoms with van der Waals surface area (Å²) in [7, 11) is 0. The third-order valence-corrected chi connectivity index (χ3v) is 4.98. The average Bonchev–Trinajstić information content (AvgIpc) is 2.95. The fourth-order valence-electron chi connectivity index (χ4n) is 2.39. The van der Waals surface area contributed by atoms with Crippen molar-refractivity contribution in [2.24, 2.45) is 0 Å². The van der Waals surface area contributed by atoms with Crippen molar-refractivity contribution in [1.82, 2.24) is 10.6 Å². The number of hydrogen-bond acceptors (Lipinski definition) is 5. The minimum atomic E-state index is -0.729. The highest BCUT2D eigenvalue weighted by molar-refractivity contribution is 7.21. The smallest absolute Gasteiger partial charge is 0.349 e. The molecule has 1 aromatic carbocycles. The number of ether oxygens (including phenoxy) is 1. The summed E-state index contributed by atoms with van der Waals surface area (Å²) in [4.78, 5) is 36.0. The number of rotatable bonds is 7. The Morgan fingerprint density at radius 1 is 1.31 bits per heavy atom. The average molecular weight is 380 g/mol. The number of hydrogen-bond donors (Lipinski definition) is 2. The third-order valence-electron chi connectivity index (χ3n) is 3.74. The summed E-state index contributed by atoms with van der Waals surface area (Å²) in [5.41, 5.74) is 0.487. The van der Waals surface area contributed by atoms with Gasteiger partial charge in [0.05, 0.1) is 0 Å². The number of thiophene rings is 1. The van der Waals surface area contributed by atoms with E-state index in [1.807, 2.05) is 6.92 Å². The molecule has 0 unspecified atom stereocenters. The van der Waals surface area contributed by atoms with Gasteiger partial charge in [0, 0.05) is 16.6 Å². The highest BCUT2D eigenvalue weighted by Gasteiger charge is 2.21. The van der Waals surface area contributed by atoms with Crippen LogP contribution < -0.4 is 10.6 Å². The van der Waals surface area contributed by atoms with Crippen LogP contribution in [0.25, 0.3) is 10.1 Å².